The number of hydrogen-bond acceptors (Lipinski definition) is 6. The largest absolute Gasteiger partial charge is 0.313 e. The Morgan fingerprint density at radius 1 is 1.17 bits per heavy atom. The maximum Gasteiger partial charge on any atom is 0.249 e. The van der Waals surface area contributed by atoms with Crippen LogP contribution >= 0.6 is 0 Å². The van der Waals surface area contributed by atoms with Gasteiger partial charge in [-0.1, -0.05) is 6.07 Å². The third-order valence-electron chi connectivity index (χ3n) is 5.37. The fourth-order valence-electron chi connectivity index (χ4n) is 3.29. The summed E-state index contributed by atoms with van der Waals surface area (Å²) in [5.41, 5.74) is 3.50. The van der Waals surface area contributed by atoms with Crippen LogP contribution in [0.25, 0.3) is 16.9 Å². The van der Waals surface area contributed by atoms with Crippen molar-refractivity contribution in [1.82, 2.24) is 29.4 Å². The van der Waals surface area contributed by atoms with Crippen molar-refractivity contribution in [2.75, 3.05) is 17.3 Å². The molecule has 1 aliphatic carbocycles. The lowest BCUT2D eigenvalue weighted by Crippen LogP contribution is -2.14. The van der Waals surface area contributed by atoms with Gasteiger partial charge in [0, 0.05) is 43.5 Å². The Morgan fingerprint density at radius 2 is 2.00 bits per heavy atom. The summed E-state index contributed by atoms with van der Waals surface area (Å²) >= 11 is 0. The quantitative estimate of drug-likeness (QED) is 0.552. The molecule has 0 spiro atoms. The highest BCUT2D eigenvalue weighted by molar-refractivity contribution is 5.92. The predicted molar refractivity (Wildman–Crippen MR) is 114 cm³/mol. The van der Waals surface area contributed by atoms with E-state index in [1.54, 1.807) is 10.7 Å². The normalized spacial score (nSPS) is 13.6. The first-order valence-corrected chi connectivity index (χ1v) is 9.87. The van der Waals surface area contributed by atoms with Crippen molar-refractivity contribution in [3.05, 3.63) is 48.3 Å². The molecule has 1 N–H and O–H groups in total. The van der Waals surface area contributed by atoms with E-state index in [-0.39, 0.29) is 11.8 Å². The van der Waals surface area contributed by atoms with Gasteiger partial charge in [-0.15, -0.1) is 5.10 Å². The Kier molecular flexibility index (Phi) is 4.23. The maximum absolute atomic E-state index is 12.0. The molecule has 0 saturated heterocycles. The van der Waals surface area contributed by atoms with Crippen LogP contribution < -0.4 is 10.2 Å². The average molecular weight is 402 g/mol. The zero-order valence-corrected chi connectivity index (χ0v) is 17.1. The van der Waals surface area contributed by atoms with Crippen molar-refractivity contribution in [2.24, 2.45) is 13.0 Å². The van der Waals surface area contributed by atoms with Crippen LogP contribution in [0.5, 0.6) is 0 Å². The van der Waals surface area contributed by atoms with E-state index in [0.29, 0.717) is 11.6 Å². The van der Waals surface area contributed by atoms with Crippen molar-refractivity contribution in [1.29, 1.82) is 0 Å². The summed E-state index contributed by atoms with van der Waals surface area (Å²) in [5, 5.41) is 11.8. The van der Waals surface area contributed by atoms with Gasteiger partial charge < -0.3 is 4.90 Å². The highest BCUT2D eigenvalue weighted by Gasteiger charge is 2.30. The SMILES string of the molecule is Cc1cc(N(C)c2ccc(-c3cccc4nc(NC(=O)C5CC5)nn34)cn2)nn1C. The molecule has 0 unspecified atom stereocenters. The predicted octanol–water partition coefficient (Wildman–Crippen LogP) is 2.95. The number of aryl methyl sites for hydroxylation is 2. The molecule has 0 radical (unpaired) electrons. The van der Waals surface area contributed by atoms with Gasteiger partial charge in [0.05, 0.1) is 5.69 Å². The Balaban J connectivity index is 1.43. The van der Waals surface area contributed by atoms with Gasteiger partial charge in [0.1, 0.15) is 5.82 Å². The van der Waals surface area contributed by atoms with Gasteiger partial charge in [0.15, 0.2) is 11.5 Å². The topological polar surface area (TPSA) is 93.2 Å². The number of amides is 1. The van der Waals surface area contributed by atoms with Gasteiger partial charge in [-0.3, -0.25) is 14.8 Å². The first-order valence-electron chi connectivity index (χ1n) is 9.87. The van der Waals surface area contributed by atoms with E-state index in [9.17, 15) is 4.79 Å². The van der Waals surface area contributed by atoms with E-state index in [1.807, 2.05) is 67.0 Å². The maximum atomic E-state index is 12.0. The smallest absolute Gasteiger partial charge is 0.249 e. The van der Waals surface area contributed by atoms with Crippen LogP contribution in [0, 0.1) is 12.8 Å². The molecule has 30 heavy (non-hydrogen) atoms. The minimum atomic E-state index is -0.00808. The Morgan fingerprint density at radius 3 is 2.67 bits per heavy atom. The number of pyridine rings is 2. The van der Waals surface area contributed by atoms with E-state index >= 15 is 0 Å². The van der Waals surface area contributed by atoms with E-state index in [1.165, 1.54) is 0 Å². The molecule has 4 aromatic heterocycles. The van der Waals surface area contributed by atoms with Crippen molar-refractivity contribution in [3.8, 4) is 11.3 Å². The Bertz CT molecular complexity index is 1220. The highest BCUT2D eigenvalue weighted by atomic mass is 16.2. The Labute approximate surface area is 173 Å². The molecule has 152 valence electrons. The third-order valence-corrected chi connectivity index (χ3v) is 5.37. The van der Waals surface area contributed by atoms with E-state index in [2.05, 4.69) is 25.5 Å². The Hall–Kier alpha value is -3.75. The van der Waals surface area contributed by atoms with Crippen molar-refractivity contribution in [3.63, 3.8) is 0 Å². The highest BCUT2D eigenvalue weighted by Crippen LogP contribution is 2.30. The van der Waals surface area contributed by atoms with Crippen molar-refractivity contribution >= 4 is 29.1 Å². The molecule has 1 fully saturated rings. The summed E-state index contributed by atoms with van der Waals surface area (Å²) in [6, 6.07) is 11.7. The molecule has 1 saturated carbocycles. The second-order valence-corrected chi connectivity index (χ2v) is 7.61. The summed E-state index contributed by atoms with van der Waals surface area (Å²) < 4.78 is 3.57. The fourth-order valence-corrected chi connectivity index (χ4v) is 3.29. The molecule has 0 bridgehead atoms. The molecule has 4 aromatic rings. The number of anilines is 3. The van der Waals surface area contributed by atoms with Gasteiger partial charge in [-0.05, 0) is 44.0 Å². The number of carbonyl (C=O) groups excluding carboxylic acids is 1. The van der Waals surface area contributed by atoms with Crippen LogP contribution in [0.15, 0.2) is 42.6 Å². The van der Waals surface area contributed by atoms with E-state index in [4.69, 9.17) is 0 Å². The fraction of sp³-hybridized carbons (Fsp3) is 0.286. The first-order chi connectivity index (χ1) is 14.5. The van der Waals surface area contributed by atoms with Crippen LogP contribution in [0.3, 0.4) is 0 Å². The standard InChI is InChI=1S/C21H22N8O/c1-13-11-19(25-28(13)3)27(2)17-10-9-15(12-22-17)16-5-4-6-18-23-21(26-29(16)18)24-20(30)14-7-8-14/h4-6,9-12,14H,7-8H2,1-3H3,(H,24,26,30). The van der Waals surface area contributed by atoms with Crippen molar-refractivity contribution < 1.29 is 4.79 Å². The second kappa shape index (κ2) is 6.94. The van der Waals surface area contributed by atoms with Gasteiger partial charge in [0.2, 0.25) is 11.9 Å². The number of rotatable bonds is 5. The van der Waals surface area contributed by atoms with Crippen LogP contribution in [0.1, 0.15) is 18.5 Å². The van der Waals surface area contributed by atoms with Crippen molar-refractivity contribution in [2.45, 2.75) is 19.8 Å². The number of nitrogens with zero attached hydrogens (tertiary/aromatic N) is 7. The van der Waals surface area contributed by atoms with Gasteiger partial charge in [-0.25, -0.2) is 9.50 Å². The number of aromatic nitrogens is 6. The molecule has 1 aliphatic rings. The molecule has 5 rings (SSSR count). The number of nitrogens with one attached hydrogen (secondary N) is 1. The molecule has 9 heteroatoms. The summed E-state index contributed by atoms with van der Waals surface area (Å²) in [6.07, 6.45) is 3.69. The summed E-state index contributed by atoms with van der Waals surface area (Å²) in [6.45, 7) is 2.01. The summed E-state index contributed by atoms with van der Waals surface area (Å²) in [7, 11) is 3.86. The third kappa shape index (κ3) is 3.28. The molecular formula is C21H22N8O. The van der Waals surface area contributed by atoms with Gasteiger partial charge >= 0.3 is 0 Å². The van der Waals surface area contributed by atoms with Crippen LogP contribution in [-0.2, 0) is 11.8 Å². The lowest BCUT2D eigenvalue weighted by Gasteiger charge is -2.15. The second-order valence-electron chi connectivity index (χ2n) is 7.61. The zero-order chi connectivity index (χ0) is 20.8. The zero-order valence-electron chi connectivity index (χ0n) is 17.1. The van der Waals surface area contributed by atoms with Gasteiger partial charge in [0.25, 0.3) is 0 Å². The molecule has 0 aliphatic heterocycles. The van der Waals surface area contributed by atoms with Crippen LogP contribution in [0.4, 0.5) is 17.6 Å². The van der Waals surface area contributed by atoms with E-state index < -0.39 is 0 Å². The first kappa shape index (κ1) is 18.3. The molecular weight excluding hydrogens is 380 g/mol. The molecule has 0 atom stereocenters. The number of hydrogen-bond donors (Lipinski definition) is 1. The molecule has 9 nitrogen and oxygen atoms in total. The van der Waals surface area contributed by atoms with Gasteiger partial charge in [-0.2, -0.15) is 10.1 Å². The lowest BCUT2D eigenvalue weighted by molar-refractivity contribution is -0.117. The van der Waals surface area contributed by atoms with E-state index in [0.717, 1.165) is 41.4 Å². The average Bonchev–Trinajstić information content (AvgIpc) is 3.44. The number of carbonyl (C=O) groups is 1. The summed E-state index contributed by atoms with van der Waals surface area (Å²) in [5.74, 6) is 2.05. The molecule has 4 heterocycles. The minimum Gasteiger partial charge on any atom is -0.313 e. The van der Waals surface area contributed by atoms with Crippen LogP contribution in [0.2, 0.25) is 0 Å². The molecule has 1 amide bonds. The lowest BCUT2D eigenvalue weighted by atomic mass is 10.2. The van der Waals surface area contributed by atoms with Crippen LogP contribution in [-0.4, -0.2) is 42.3 Å². The number of fused-ring (bicyclic) bond motifs is 1. The summed E-state index contributed by atoms with van der Waals surface area (Å²) in [4.78, 5) is 23.0. The monoisotopic (exact) mass is 402 g/mol. The minimum absolute atomic E-state index is 0.00808. The molecule has 0 aromatic carbocycles.